The lowest BCUT2D eigenvalue weighted by Gasteiger charge is -2.08. The largest absolute Gasteiger partial charge is 0.508 e. The Labute approximate surface area is 113 Å². The monoisotopic (exact) mass is 278 g/mol. The molecule has 4 N–H and O–H groups in total. The van der Waals surface area contributed by atoms with Crippen LogP contribution in [0.25, 0.3) is 0 Å². The minimum atomic E-state index is -0.832. The zero-order chi connectivity index (χ0) is 14.7. The van der Waals surface area contributed by atoms with E-state index in [0.717, 1.165) is 12.1 Å². The summed E-state index contributed by atoms with van der Waals surface area (Å²) < 4.78 is 26.0. The smallest absolute Gasteiger partial charge is 0.251 e. The lowest BCUT2D eigenvalue weighted by Crippen LogP contribution is -2.23. The van der Waals surface area contributed by atoms with Crippen LogP contribution in [0.2, 0.25) is 0 Å². The molecule has 0 unspecified atom stereocenters. The van der Waals surface area contributed by atoms with Gasteiger partial charge in [-0.2, -0.15) is 0 Å². The van der Waals surface area contributed by atoms with Crippen molar-refractivity contribution in [2.45, 2.75) is 6.54 Å². The molecule has 0 aliphatic rings. The fourth-order valence-corrected chi connectivity index (χ4v) is 1.71. The van der Waals surface area contributed by atoms with Crippen molar-refractivity contribution in [3.05, 3.63) is 59.2 Å². The van der Waals surface area contributed by atoms with E-state index < -0.39 is 17.5 Å². The topological polar surface area (TPSA) is 75.3 Å². The minimum absolute atomic E-state index is 0.00611. The fraction of sp³-hybridized carbons (Fsp3) is 0.0714. The number of nitrogen functional groups attached to an aromatic ring is 1. The quantitative estimate of drug-likeness (QED) is 0.595. The fourth-order valence-electron chi connectivity index (χ4n) is 1.71. The number of hydrogen-bond donors (Lipinski definition) is 3. The van der Waals surface area contributed by atoms with Crippen molar-refractivity contribution in [1.82, 2.24) is 5.32 Å². The van der Waals surface area contributed by atoms with Crippen molar-refractivity contribution in [3.8, 4) is 5.75 Å². The number of rotatable bonds is 3. The third kappa shape index (κ3) is 3.23. The predicted molar refractivity (Wildman–Crippen MR) is 70.0 cm³/mol. The number of phenols is 1. The van der Waals surface area contributed by atoms with Crippen molar-refractivity contribution in [1.29, 1.82) is 0 Å². The van der Waals surface area contributed by atoms with Crippen molar-refractivity contribution in [3.63, 3.8) is 0 Å². The Hall–Kier alpha value is -2.63. The van der Waals surface area contributed by atoms with Crippen LogP contribution in [0.1, 0.15) is 15.9 Å². The van der Waals surface area contributed by atoms with E-state index >= 15 is 0 Å². The maximum Gasteiger partial charge on any atom is 0.251 e. The molecule has 6 heteroatoms. The maximum atomic E-state index is 13.0. The molecule has 0 fully saturated rings. The van der Waals surface area contributed by atoms with E-state index in [4.69, 9.17) is 5.73 Å². The highest BCUT2D eigenvalue weighted by Gasteiger charge is 2.10. The molecule has 0 aliphatic heterocycles. The molecule has 1 amide bonds. The van der Waals surface area contributed by atoms with Crippen molar-refractivity contribution >= 4 is 11.6 Å². The van der Waals surface area contributed by atoms with Gasteiger partial charge in [-0.15, -0.1) is 0 Å². The van der Waals surface area contributed by atoms with Crippen LogP contribution in [-0.2, 0) is 6.54 Å². The van der Waals surface area contributed by atoms with Crippen molar-refractivity contribution < 1.29 is 18.7 Å². The Morgan fingerprint density at radius 1 is 1.15 bits per heavy atom. The summed E-state index contributed by atoms with van der Waals surface area (Å²) in [4.78, 5) is 11.8. The number of nitrogens with one attached hydrogen (secondary N) is 1. The van der Waals surface area contributed by atoms with Gasteiger partial charge in [-0.3, -0.25) is 4.79 Å². The van der Waals surface area contributed by atoms with E-state index in [1.807, 2.05) is 0 Å². The van der Waals surface area contributed by atoms with Gasteiger partial charge in [-0.05, 0) is 30.3 Å². The van der Waals surface area contributed by atoms with Gasteiger partial charge in [0.15, 0.2) is 0 Å². The number of anilines is 1. The molecule has 4 nitrogen and oxygen atoms in total. The van der Waals surface area contributed by atoms with E-state index in [9.17, 15) is 18.7 Å². The van der Waals surface area contributed by atoms with Crippen LogP contribution in [0.15, 0.2) is 36.4 Å². The Kier molecular flexibility index (Phi) is 3.84. The van der Waals surface area contributed by atoms with Gasteiger partial charge >= 0.3 is 0 Å². The van der Waals surface area contributed by atoms with Gasteiger partial charge in [0.1, 0.15) is 17.4 Å². The first-order valence-corrected chi connectivity index (χ1v) is 5.77. The number of carbonyl (C=O) groups is 1. The van der Waals surface area contributed by atoms with Crippen LogP contribution in [0.4, 0.5) is 14.5 Å². The normalized spacial score (nSPS) is 10.3. The summed E-state index contributed by atoms with van der Waals surface area (Å²) in [6, 6.07) is 6.96. The van der Waals surface area contributed by atoms with E-state index in [1.165, 1.54) is 18.2 Å². The third-order valence-electron chi connectivity index (χ3n) is 2.67. The Balaban J connectivity index is 2.10. The summed E-state index contributed by atoms with van der Waals surface area (Å²) in [6.07, 6.45) is 0. The Morgan fingerprint density at radius 3 is 2.45 bits per heavy atom. The first-order chi connectivity index (χ1) is 9.45. The zero-order valence-corrected chi connectivity index (χ0v) is 10.4. The van der Waals surface area contributed by atoms with Gasteiger partial charge in [0.2, 0.25) is 0 Å². The molecule has 0 atom stereocenters. The molecule has 0 aliphatic carbocycles. The first kappa shape index (κ1) is 13.8. The Bertz CT molecular complexity index is 639. The summed E-state index contributed by atoms with van der Waals surface area (Å²) in [7, 11) is 0. The number of aromatic hydroxyl groups is 1. The number of hydrogen-bond acceptors (Lipinski definition) is 3. The molecule has 2 aromatic carbocycles. The van der Waals surface area contributed by atoms with Gasteiger partial charge in [-0.25, -0.2) is 8.78 Å². The molecule has 0 bridgehead atoms. The average molecular weight is 278 g/mol. The molecule has 0 radical (unpaired) electrons. The summed E-state index contributed by atoms with van der Waals surface area (Å²) in [5.41, 5.74) is 6.27. The summed E-state index contributed by atoms with van der Waals surface area (Å²) in [6.45, 7) is -0.00611. The summed E-state index contributed by atoms with van der Waals surface area (Å²) in [5.74, 6) is -2.33. The molecule has 0 spiro atoms. The van der Waals surface area contributed by atoms with Crippen LogP contribution in [-0.4, -0.2) is 11.0 Å². The van der Waals surface area contributed by atoms with Crippen molar-refractivity contribution in [2.75, 3.05) is 5.73 Å². The van der Waals surface area contributed by atoms with Crippen LogP contribution in [0, 0.1) is 11.6 Å². The number of nitrogens with two attached hydrogens (primary N) is 1. The van der Waals surface area contributed by atoms with E-state index in [2.05, 4.69) is 5.32 Å². The second-order valence-corrected chi connectivity index (χ2v) is 4.23. The minimum Gasteiger partial charge on any atom is -0.508 e. The number of benzene rings is 2. The molecule has 2 rings (SSSR count). The lowest BCUT2D eigenvalue weighted by molar-refractivity contribution is 0.0950. The van der Waals surface area contributed by atoms with Gasteiger partial charge < -0.3 is 16.2 Å². The lowest BCUT2D eigenvalue weighted by atomic mass is 10.1. The molecule has 104 valence electrons. The second-order valence-electron chi connectivity index (χ2n) is 4.23. The van der Waals surface area contributed by atoms with Crippen molar-refractivity contribution in [2.24, 2.45) is 0 Å². The molecule has 0 saturated heterocycles. The van der Waals surface area contributed by atoms with E-state index in [-0.39, 0.29) is 17.9 Å². The van der Waals surface area contributed by atoms with Gasteiger partial charge in [0, 0.05) is 29.4 Å². The van der Waals surface area contributed by atoms with E-state index in [0.29, 0.717) is 17.3 Å². The Morgan fingerprint density at radius 2 is 1.80 bits per heavy atom. The molecule has 0 aromatic heterocycles. The average Bonchev–Trinajstić information content (AvgIpc) is 2.38. The number of carbonyl (C=O) groups excluding carboxylic acids is 1. The molecule has 0 heterocycles. The highest BCUT2D eigenvalue weighted by Crippen LogP contribution is 2.19. The molecular weight excluding hydrogens is 266 g/mol. The SMILES string of the molecule is Nc1ccc(O)c(CNC(=O)c2cc(F)cc(F)c2)c1. The summed E-state index contributed by atoms with van der Waals surface area (Å²) >= 11 is 0. The van der Waals surface area contributed by atoms with Gasteiger partial charge in [-0.1, -0.05) is 0 Å². The third-order valence-corrected chi connectivity index (χ3v) is 2.67. The number of halogens is 2. The van der Waals surface area contributed by atoms with Gasteiger partial charge in [0.05, 0.1) is 0 Å². The summed E-state index contributed by atoms with van der Waals surface area (Å²) in [5, 5.41) is 12.0. The molecular formula is C14H12F2N2O2. The van der Waals surface area contributed by atoms with Crippen LogP contribution < -0.4 is 11.1 Å². The standard InChI is InChI=1S/C14H12F2N2O2/c15-10-3-8(4-11(16)6-10)14(20)18-7-9-5-12(17)1-2-13(9)19/h1-6,19H,7,17H2,(H,18,20). The molecule has 0 saturated carbocycles. The highest BCUT2D eigenvalue weighted by molar-refractivity contribution is 5.94. The highest BCUT2D eigenvalue weighted by atomic mass is 19.1. The van der Waals surface area contributed by atoms with Crippen LogP contribution >= 0.6 is 0 Å². The zero-order valence-electron chi connectivity index (χ0n) is 10.4. The number of phenolic OH excluding ortho intramolecular Hbond substituents is 1. The first-order valence-electron chi connectivity index (χ1n) is 5.77. The van der Waals surface area contributed by atoms with Gasteiger partial charge in [0.25, 0.3) is 5.91 Å². The van der Waals surface area contributed by atoms with E-state index in [1.54, 1.807) is 0 Å². The molecule has 2 aromatic rings. The predicted octanol–water partition coefficient (Wildman–Crippen LogP) is 2.18. The molecule has 20 heavy (non-hydrogen) atoms. The maximum absolute atomic E-state index is 13.0. The van der Waals surface area contributed by atoms with Crippen LogP contribution in [0.3, 0.4) is 0 Å². The number of amides is 1. The van der Waals surface area contributed by atoms with Crippen LogP contribution in [0.5, 0.6) is 5.75 Å². The second kappa shape index (κ2) is 5.56.